The van der Waals surface area contributed by atoms with Gasteiger partial charge in [0.25, 0.3) is 5.91 Å². The topological polar surface area (TPSA) is 125 Å². The molecular formula is C9H13N3O6. The van der Waals surface area contributed by atoms with E-state index in [-0.39, 0.29) is 12.5 Å². The third-order valence-electron chi connectivity index (χ3n) is 2.03. The van der Waals surface area contributed by atoms with Gasteiger partial charge in [0.1, 0.15) is 19.8 Å². The van der Waals surface area contributed by atoms with Gasteiger partial charge < -0.3 is 20.1 Å². The maximum absolute atomic E-state index is 11.5. The Morgan fingerprint density at radius 2 is 2.11 bits per heavy atom. The quantitative estimate of drug-likeness (QED) is 0.524. The van der Waals surface area contributed by atoms with Crippen molar-refractivity contribution in [3.05, 3.63) is 0 Å². The van der Waals surface area contributed by atoms with Crippen molar-refractivity contribution in [2.75, 3.05) is 32.8 Å². The van der Waals surface area contributed by atoms with Crippen LogP contribution in [0.5, 0.6) is 0 Å². The van der Waals surface area contributed by atoms with Crippen molar-refractivity contribution in [1.82, 2.24) is 15.5 Å². The van der Waals surface area contributed by atoms with Crippen molar-refractivity contribution >= 4 is 23.8 Å². The molecule has 0 bridgehead atoms. The molecule has 0 atom stereocenters. The summed E-state index contributed by atoms with van der Waals surface area (Å²) >= 11 is 0. The number of carbonyl (C=O) groups is 4. The van der Waals surface area contributed by atoms with Gasteiger partial charge in [-0.2, -0.15) is 0 Å². The Bertz CT molecular complexity index is 369. The van der Waals surface area contributed by atoms with Crippen LogP contribution in [0.15, 0.2) is 0 Å². The van der Waals surface area contributed by atoms with E-state index in [0.29, 0.717) is 13.1 Å². The minimum atomic E-state index is -1.21. The Kier molecular flexibility index (Phi) is 5.06. The lowest BCUT2D eigenvalue weighted by molar-refractivity contribution is -0.143. The predicted octanol–water partition coefficient (Wildman–Crippen LogP) is -2.24. The number of carbonyl (C=O) groups excluding carboxylic acids is 3. The van der Waals surface area contributed by atoms with Gasteiger partial charge in [-0.1, -0.05) is 0 Å². The first kappa shape index (κ1) is 13.9. The van der Waals surface area contributed by atoms with E-state index in [1.54, 1.807) is 0 Å². The van der Waals surface area contributed by atoms with Crippen LogP contribution < -0.4 is 10.6 Å². The Morgan fingerprint density at radius 1 is 1.39 bits per heavy atom. The van der Waals surface area contributed by atoms with Crippen LogP contribution in [0, 0.1) is 0 Å². The molecule has 100 valence electrons. The number of imide groups is 1. The van der Waals surface area contributed by atoms with E-state index < -0.39 is 31.1 Å². The number of nitrogens with one attached hydrogen (secondary N) is 2. The number of carboxylic acids is 1. The molecule has 0 unspecified atom stereocenters. The molecular weight excluding hydrogens is 246 g/mol. The van der Waals surface area contributed by atoms with E-state index in [4.69, 9.17) is 5.11 Å². The molecule has 0 saturated carbocycles. The first-order valence-corrected chi connectivity index (χ1v) is 5.14. The van der Waals surface area contributed by atoms with Crippen LogP contribution in [0.2, 0.25) is 0 Å². The number of piperazine rings is 1. The summed E-state index contributed by atoms with van der Waals surface area (Å²) in [5.41, 5.74) is 0. The average Bonchev–Trinajstić information content (AvgIpc) is 2.28. The van der Waals surface area contributed by atoms with Crippen molar-refractivity contribution < 1.29 is 29.0 Å². The number of nitrogens with zero attached hydrogens (tertiary/aromatic N) is 1. The average molecular weight is 259 g/mol. The largest absolute Gasteiger partial charge is 0.480 e. The molecule has 0 aromatic rings. The van der Waals surface area contributed by atoms with Gasteiger partial charge in [0.15, 0.2) is 0 Å². The second-order valence-corrected chi connectivity index (χ2v) is 3.51. The van der Waals surface area contributed by atoms with Gasteiger partial charge in [-0.15, -0.1) is 0 Å². The van der Waals surface area contributed by atoms with Gasteiger partial charge >= 0.3 is 12.0 Å². The molecule has 1 saturated heterocycles. The molecule has 1 aliphatic heterocycles. The summed E-state index contributed by atoms with van der Waals surface area (Å²) in [6, 6.07) is -0.700. The van der Waals surface area contributed by atoms with Crippen LogP contribution in [0.25, 0.3) is 0 Å². The standard InChI is InChI=1S/C9H13N3O6/c13-6-3-12(2-1-10-6)9(17)11-7(14)4-18-5-8(15)16/h1-5H2,(H,10,13)(H,15,16)(H,11,14,17). The number of amides is 4. The van der Waals surface area contributed by atoms with Crippen molar-refractivity contribution in [2.24, 2.45) is 0 Å². The fourth-order valence-corrected chi connectivity index (χ4v) is 1.28. The zero-order chi connectivity index (χ0) is 13.5. The van der Waals surface area contributed by atoms with Crippen molar-refractivity contribution in [1.29, 1.82) is 0 Å². The van der Waals surface area contributed by atoms with Crippen molar-refractivity contribution in [2.45, 2.75) is 0 Å². The normalized spacial score (nSPS) is 14.9. The van der Waals surface area contributed by atoms with Gasteiger partial charge in [-0.3, -0.25) is 14.9 Å². The lowest BCUT2D eigenvalue weighted by atomic mass is 10.4. The maximum atomic E-state index is 11.5. The zero-order valence-corrected chi connectivity index (χ0v) is 9.47. The van der Waals surface area contributed by atoms with Crippen molar-refractivity contribution in [3.63, 3.8) is 0 Å². The van der Waals surface area contributed by atoms with Crippen LogP contribution in [0.1, 0.15) is 0 Å². The van der Waals surface area contributed by atoms with Gasteiger partial charge in [-0.05, 0) is 0 Å². The first-order chi connectivity index (χ1) is 8.49. The minimum absolute atomic E-state index is 0.116. The van der Waals surface area contributed by atoms with E-state index in [2.05, 4.69) is 10.1 Å². The molecule has 4 amide bonds. The summed E-state index contributed by atoms with van der Waals surface area (Å²) in [6.45, 7) is -0.627. The number of aliphatic carboxylic acids is 1. The van der Waals surface area contributed by atoms with Gasteiger partial charge in [0.2, 0.25) is 5.91 Å². The fraction of sp³-hybridized carbons (Fsp3) is 0.556. The molecule has 9 nitrogen and oxygen atoms in total. The summed E-state index contributed by atoms with van der Waals surface area (Å²) in [5, 5.41) is 12.8. The smallest absolute Gasteiger partial charge is 0.329 e. The maximum Gasteiger partial charge on any atom is 0.329 e. The molecule has 9 heteroatoms. The molecule has 1 aliphatic rings. The van der Waals surface area contributed by atoms with Gasteiger partial charge in [0, 0.05) is 13.1 Å². The van der Waals surface area contributed by atoms with Crippen LogP contribution >= 0.6 is 0 Å². The first-order valence-electron chi connectivity index (χ1n) is 5.14. The molecule has 0 aromatic carbocycles. The number of hydrogen-bond acceptors (Lipinski definition) is 5. The van der Waals surface area contributed by atoms with Gasteiger partial charge in [-0.25, -0.2) is 9.59 Å². The molecule has 0 radical (unpaired) electrons. The molecule has 1 rings (SSSR count). The second-order valence-electron chi connectivity index (χ2n) is 3.51. The third-order valence-corrected chi connectivity index (χ3v) is 2.03. The number of urea groups is 1. The summed E-state index contributed by atoms with van der Waals surface area (Å²) in [7, 11) is 0. The molecule has 0 aromatic heterocycles. The predicted molar refractivity (Wildman–Crippen MR) is 56.6 cm³/mol. The monoisotopic (exact) mass is 259 g/mol. The number of rotatable bonds is 4. The highest BCUT2D eigenvalue weighted by molar-refractivity contribution is 5.96. The minimum Gasteiger partial charge on any atom is -0.480 e. The van der Waals surface area contributed by atoms with Crippen LogP contribution in [0.3, 0.4) is 0 Å². The Hall–Kier alpha value is -2.16. The van der Waals surface area contributed by atoms with E-state index in [1.807, 2.05) is 5.32 Å². The van der Waals surface area contributed by atoms with Crippen LogP contribution in [0.4, 0.5) is 4.79 Å². The Morgan fingerprint density at radius 3 is 2.72 bits per heavy atom. The molecule has 1 fully saturated rings. The number of carboxylic acid groups (broad SMARTS) is 1. The highest BCUT2D eigenvalue weighted by atomic mass is 16.5. The highest BCUT2D eigenvalue weighted by Gasteiger charge is 2.22. The summed E-state index contributed by atoms with van der Waals surface area (Å²) < 4.78 is 4.50. The number of ether oxygens (including phenoxy) is 1. The molecule has 1 heterocycles. The van der Waals surface area contributed by atoms with E-state index in [1.165, 1.54) is 4.90 Å². The molecule has 18 heavy (non-hydrogen) atoms. The third kappa shape index (κ3) is 4.78. The fourth-order valence-electron chi connectivity index (χ4n) is 1.28. The molecule has 0 aliphatic carbocycles. The SMILES string of the molecule is O=C(O)COCC(=O)NC(=O)N1CCNC(=O)C1. The summed E-state index contributed by atoms with van der Waals surface area (Å²) in [5.74, 6) is -2.26. The zero-order valence-electron chi connectivity index (χ0n) is 9.47. The van der Waals surface area contributed by atoms with Crippen LogP contribution in [-0.4, -0.2) is 66.7 Å². The van der Waals surface area contributed by atoms with E-state index in [0.717, 1.165) is 0 Å². The lowest BCUT2D eigenvalue weighted by Gasteiger charge is -2.26. The summed E-state index contributed by atoms with van der Waals surface area (Å²) in [4.78, 5) is 45.0. The second kappa shape index (κ2) is 6.55. The number of hydrogen-bond donors (Lipinski definition) is 3. The highest BCUT2D eigenvalue weighted by Crippen LogP contribution is 1.93. The molecule has 0 spiro atoms. The Labute approximate surface area is 102 Å². The lowest BCUT2D eigenvalue weighted by Crippen LogP contribution is -2.54. The van der Waals surface area contributed by atoms with Crippen LogP contribution in [-0.2, 0) is 19.1 Å². The molecule has 3 N–H and O–H groups in total. The van der Waals surface area contributed by atoms with E-state index in [9.17, 15) is 19.2 Å². The Balaban J connectivity index is 2.28. The summed E-state index contributed by atoms with van der Waals surface area (Å²) in [6.07, 6.45) is 0. The van der Waals surface area contributed by atoms with Gasteiger partial charge in [0.05, 0.1) is 0 Å². The van der Waals surface area contributed by atoms with E-state index >= 15 is 0 Å². The van der Waals surface area contributed by atoms with Crippen molar-refractivity contribution in [3.8, 4) is 0 Å².